The number of nitrogens with one attached hydrogen (secondary N) is 2. The Balaban J connectivity index is 1.69. The van der Waals surface area contributed by atoms with Crippen molar-refractivity contribution in [1.82, 2.24) is 15.6 Å². The van der Waals surface area contributed by atoms with E-state index in [1.807, 2.05) is 61.5 Å². The van der Waals surface area contributed by atoms with E-state index in [1.54, 1.807) is 26.1 Å². The van der Waals surface area contributed by atoms with Gasteiger partial charge in [0.05, 0.1) is 31.1 Å². The molecule has 1 atom stereocenters. The molecule has 0 bridgehead atoms. The first-order chi connectivity index (χ1) is 20.6. The molecule has 0 saturated heterocycles. The Morgan fingerprint density at radius 1 is 1.02 bits per heavy atom. The fourth-order valence-corrected chi connectivity index (χ4v) is 5.14. The zero-order valence-electron chi connectivity index (χ0n) is 24.8. The first kappa shape index (κ1) is 33.1. The first-order valence-corrected chi connectivity index (χ1v) is 15.1. The summed E-state index contributed by atoms with van der Waals surface area (Å²) >= 11 is 1.31. The molecule has 0 spiro atoms. The van der Waals surface area contributed by atoms with E-state index in [2.05, 4.69) is 15.6 Å². The van der Waals surface area contributed by atoms with E-state index in [4.69, 9.17) is 4.74 Å². The molecule has 0 radical (unpaired) electrons. The number of hydrogen-bond donors (Lipinski definition) is 3. The average molecular weight is 604 g/mol. The molecule has 0 fully saturated rings. The van der Waals surface area contributed by atoms with Gasteiger partial charge in [0.25, 0.3) is 0 Å². The van der Waals surface area contributed by atoms with Gasteiger partial charge in [-0.3, -0.25) is 19.4 Å². The van der Waals surface area contributed by atoms with Gasteiger partial charge in [0.15, 0.2) is 5.78 Å². The van der Waals surface area contributed by atoms with Crippen molar-refractivity contribution in [2.75, 3.05) is 12.9 Å². The zero-order chi connectivity index (χ0) is 31.4. The largest absolute Gasteiger partial charge is 0.496 e. The number of nitrogens with zero attached hydrogens (tertiary/aromatic N) is 1. The number of aromatic nitrogens is 1. The van der Waals surface area contributed by atoms with E-state index in [0.29, 0.717) is 23.1 Å². The molecule has 0 aliphatic carbocycles. The molecule has 3 aromatic rings. The maximum Gasteiger partial charge on any atom is 0.330 e. The summed E-state index contributed by atoms with van der Waals surface area (Å²) in [6.07, 6.45) is 3.23. The standard InChI is InChI=1S/C33H37N3O6S/c1-5-26-13-11-24(18-34-26)23-12-14-29(42-4)25(15-23)16-30(38)36-32(21(2)3)33(41)35-27(17-31(39)40)28(37)20-43-19-22-9-7-6-8-10-22/h6-15,17-18,21,32H,5,16,19-20H2,1-4H3,(H,35,41)(H,36,38)(H,39,40). The van der Waals surface area contributed by atoms with Crippen molar-refractivity contribution in [3.63, 3.8) is 0 Å². The molecule has 2 amide bonds. The van der Waals surface area contributed by atoms with Gasteiger partial charge in [-0.05, 0) is 41.7 Å². The van der Waals surface area contributed by atoms with Crippen molar-refractivity contribution in [2.45, 2.75) is 45.4 Å². The third-order valence-corrected chi connectivity index (χ3v) is 7.59. The molecule has 1 heterocycles. The number of carbonyl (C=O) groups is 4. The topological polar surface area (TPSA) is 135 Å². The number of ether oxygens (including phenoxy) is 1. The second-order valence-electron chi connectivity index (χ2n) is 10.2. The third-order valence-electron chi connectivity index (χ3n) is 6.59. The Morgan fingerprint density at radius 2 is 1.74 bits per heavy atom. The maximum atomic E-state index is 13.2. The fourth-order valence-electron chi connectivity index (χ4n) is 4.27. The molecule has 0 aliphatic rings. The van der Waals surface area contributed by atoms with Gasteiger partial charge in [0, 0.05) is 28.8 Å². The average Bonchev–Trinajstić information content (AvgIpc) is 2.99. The molecule has 3 N–H and O–H groups in total. The summed E-state index contributed by atoms with van der Waals surface area (Å²) in [5.41, 5.74) is 4.04. The number of carboxylic acid groups (broad SMARTS) is 1. The van der Waals surface area contributed by atoms with E-state index in [1.165, 1.54) is 18.9 Å². The molecule has 2 aromatic carbocycles. The van der Waals surface area contributed by atoms with Crippen LogP contribution in [-0.2, 0) is 37.8 Å². The molecule has 10 heteroatoms. The number of thioether (sulfide) groups is 1. The van der Waals surface area contributed by atoms with Crippen molar-refractivity contribution in [1.29, 1.82) is 0 Å². The lowest BCUT2D eigenvalue weighted by Crippen LogP contribution is -2.50. The van der Waals surface area contributed by atoms with Gasteiger partial charge < -0.3 is 20.5 Å². The highest BCUT2D eigenvalue weighted by Crippen LogP contribution is 2.27. The van der Waals surface area contributed by atoms with E-state index in [0.717, 1.165) is 28.8 Å². The summed E-state index contributed by atoms with van der Waals surface area (Å²) < 4.78 is 5.47. The van der Waals surface area contributed by atoms with Gasteiger partial charge in [0.2, 0.25) is 11.8 Å². The lowest BCUT2D eigenvalue weighted by atomic mass is 10.00. The second-order valence-corrected chi connectivity index (χ2v) is 11.2. The molecule has 0 saturated carbocycles. The number of carbonyl (C=O) groups excluding carboxylic acids is 3. The number of rotatable bonds is 15. The highest BCUT2D eigenvalue weighted by Gasteiger charge is 2.27. The van der Waals surface area contributed by atoms with E-state index >= 15 is 0 Å². The fraction of sp³-hybridized carbons (Fsp3) is 0.303. The summed E-state index contributed by atoms with van der Waals surface area (Å²) in [4.78, 5) is 55.1. The molecular formula is C33H37N3O6S. The second kappa shape index (κ2) is 16.3. The van der Waals surface area contributed by atoms with Crippen LogP contribution in [0, 0.1) is 5.92 Å². The van der Waals surface area contributed by atoms with Gasteiger partial charge in [-0.2, -0.15) is 0 Å². The molecule has 43 heavy (non-hydrogen) atoms. The number of aliphatic carboxylic acids is 1. The van der Waals surface area contributed by atoms with Crippen molar-refractivity contribution < 1.29 is 29.0 Å². The number of methoxy groups -OCH3 is 1. The Labute approximate surface area is 256 Å². The number of benzene rings is 2. The summed E-state index contributed by atoms with van der Waals surface area (Å²) in [6, 6.07) is 18.0. The van der Waals surface area contributed by atoms with Crippen molar-refractivity contribution in [3.05, 3.63) is 95.5 Å². The van der Waals surface area contributed by atoms with Crippen LogP contribution < -0.4 is 15.4 Å². The van der Waals surface area contributed by atoms with E-state index in [9.17, 15) is 24.3 Å². The van der Waals surface area contributed by atoms with Gasteiger partial charge in [-0.1, -0.05) is 63.2 Å². The van der Waals surface area contributed by atoms with Crippen LogP contribution in [-0.4, -0.2) is 52.6 Å². The minimum Gasteiger partial charge on any atom is -0.496 e. The monoisotopic (exact) mass is 603 g/mol. The lowest BCUT2D eigenvalue weighted by molar-refractivity contribution is -0.132. The smallest absolute Gasteiger partial charge is 0.330 e. The molecule has 226 valence electrons. The highest BCUT2D eigenvalue weighted by atomic mass is 32.2. The molecule has 1 unspecified atom stereocenters. The molecule has 0 aliphatic heterocycles. The van der Waals surface area contributed by atoms with E-state index in [-0.39, 0.29) is 23.8 Å². The number of carboxylic acids is 1. The van der Waals surface area contributed by atoms with E-state index < -0.39 is 29.6 Å². The number of pyridine rings is 1. The number of Topliss-reactive ketones (excluding diaryl/α,β-unsaturated/α-hetero) is 1. The van der Waals surface area contributed by atoms with Crippen LogP contribution in [0.1, 0.15) is 37.6 Å². The number of amides is 2. The summed E-state index contributed by atoms with van der Waals surface area (Å²) in [5.74, 6) is -2.32. The number of hydrogen-bond acceptors (Lipinski definition) is 7. The van der Waals surface area contributed by atoms with Crippen LogP contribution in [0.25, 0.3) is 11.1 Å². The van der Waals surface area contributed by atoms with Crippen molar-refractivity contribution >= 4 is 35.3 Å². The van der Waals surface area contributed by atoms with Gasteiger partial charge in [0.1, 0.15) is 11.8 Å². The van der Waals surface area contributed by atoms with Crippen molar-refractivity contribution in [2.24, 2.45) is 5.92 Å². The minimum atomic E-state index is -1.37. The Hall–Kier alpha value is -4.44. The Kier molecular flexibility index (Phi) is 12.5. The van der Waals surface area contributed by atoms with Gasteiger partial charge in [-0.15, -0.1) is 11.8 Å². The lowest BCUT2D eigenvalue weighted by Gasteiger charge is -2.22. The predicted molar refractivity (Wildman–Crippen MR) is 168 cm³/mol. The normalized spacial score (nSPS) is 12.0. The minimum absolute atomic E-state index is 0.0280. The Morgan fingerprint density at radius 3 is 2.35 bits per heavy atom. The van der Waals surface area contributed by atoms with Crippen LogP contribution >= 0.6 is 11.8 Å². The van der Waals surface area contributed by atoms with Crippen LogP contribution in [0.2, 0.25) is 0 Å². The van der Waals surface area contributed by atoms with Crippen LogP contribution in [0.5, 0.6) is 5.75 Å². The predicted octanol–water partition coefficient (Wildman–Crippen LogP) is 4.59. The van der Waals surface area contributed by atoms with Gasteiger partial charge >= 0.3 is 5.97 Å². The molecule has 1 aromatic heterocycles. The van der Waals surface area contributed by atoms with Gasteiger partial charge in [-0.25, -0.2) is 4.79 Å². The third kappa shape index (κ3) is 10.1. The quantitative estimate of drug-likeness (QED) is 0.215. The SMILES string of the molecule is CCc1ccc(-c2ccc(OC)c(CC(=O)NC(C(=O)NC(=CC(=O)O)C(=O)CSCc3ccccc3)C(C)C)c2)cn1. The number of ketones is 1. The number of aryl methyl sites for hydroxylation is 1. The van der Waals surface area contributed by atoms with Crippen LogP contribution in [0.15, 0.2) is 78.6 Å². The Bertz CT molecular complexity index is 1460. The summed E-state index contributed by atoms with van der Waals surface area (Å²) in [5, 5.41) is 14.5. The zero-order valence-corrected chi connectivity index (χ0v) is 25.6. The highest BCUT2D eigenvalue weighted by molar-refractivity contribution is 7.99. The number of allylic oxidation sites excluding steroid dienone is 1. The maximum absolute atomic E-state index is 13.2. The molecular weight excluding hydrogens is 566 g/mol. The van der Waals surface area contributed by atoms with Crippen LogP contribution in [0.4, 0.5) is 0 Å². The first-order valence-electron chi connectivity index (χ1n) is 13.9. The molecule has 3 rings (SSSR count). The van der Waals surface area contributed by atoms with Crippen molar-refractivity contribution in [3.8, 4) is 16.9 Å². The van der Waals surface area contributed by atoms with Crippen LogP contribution in [0.3, 0.4) is 0 Å². The summed E-state index contributed by atoms with van der Waals surface area (Å²) in [7, 11) is 1.52. The summed E-state index contributed by atoms with van der Waals surface area (Å²) in [6.45, 7) is 5.53. The molecule has 9 nitrogen and oxygen atoms in total.